The van der Waals surface area contributed by atoms with E-state index in [2.05, 4.69) is 42.9 Å². The van der Waals surface area contributed by atoms with Crippen LogP contribution in [0.2, 0.25) is 0 Å². The normalized spacial score (nSPS) is 21.8. The topological polar surface area (TPSA) is 86.3 Å². The van der Waals surface area contributed by atoms with Crippen LogP contribution >= 0.6 is 0 Å². The predicted molar refractivity (Wildman–Crippen MR) is 128 cm³/mol. The van der Waals surface area contributed by atoms with Crippen molar-refractivity contribution in [2.75, 3.05) is 13.1 Å². The van der Waals surface area contributed by atoms with Crippen LogP contribution in [0, 0.1) is 10.8 Å². The first-order chi connectivity index (χ1) is 15.7. The van der Waals surface area contributed by atoms with Crippen LogP contribution < -0.4 is 0 Å². The molecule has 2 aliphatic rings. The first-order valence-electron chi connectivity index (χ1n) is 11.2. The summed E-state index contributed by atoms with van der Waals surface area (Å²) in [6.45, 7) is 7.81. The molecule has 1 atom stereocenters. The summed E-state index contributed by atoms with van der Waals surface area (Å²) in [5.41, 5.74) is 5.09. The van der Waals surface area contributed by atoms with Gasteiger partial charge in [0, 0.05) is 23.9 Å². The summed E-state index contributed by atoms with van der Waals surface area (Å²) in [6, 6.07) is 14.8. The number of amides is 1. The third kappa shape index (κ3) is 3.46. The number of para-hydroxylation sites is 2. The Morgan fingerprint density at radius 2 is 1.76 bits per heavy atom. The number of nitrogens with zero attached hydrogens (tertiary/aromatic N) is 2. The van der Waals surface area contributed by atoms with E-state index in [4.69, 9.17) is 0 Å². The van der Waals surface area contributed by atoms with E-state index in [1.807, 2.05) is 41.3 Å². The fourth-order valence-electron chi connectivity index (χ4n) is 5.56. The molecule has 0 radical (unpaired) electrons. The fraction of sp³-hybridized carbons (Fsp3) is 0.296. The Hall–Kier alpha value is -3.67. The molecule has 2 heterocycles. The van der Waals surface area contributed by atoms with E-state index >= 15 is 0 Å². The highest BCUT2D eigenvalue weighted by molar-refractivity contribution is 5.94. The monoisotopic (exact) mass is 441 g/mol. The van der Waals surface area contributed by atoms with Crippen LogP contribution in [-0.4, -0.2) is 44.9 Å². The van der Waals surface area contributed by atoms with Gasteiger partial charge >= 0.3 is 5.97 Å². The Bertz CT molecular complexity index is 1300. The minimum absolute atomic E-state index is 0.0837. The number of carbonyl (C=O) groups excluding carboxylic acids is 1. The van der Waals surface area contributed by atoms with Crippen molar-refractivity contribution in [3.8, 4) is 0 Å². The number of rotatable bonds is 3. The maximum Gasteiger partial charge on any atom is 0.335 e. The molecule has 168 valence electrons. The number of carbonyl (C=O) groups is 2. The third-order valence-electron chi connectivity index (χ3n) is 7.13. The van der Waals surface area contributed by atoms with Gasteiger partial charge in [-0.3, -0.25) is 4.79 Å². The molecule has 0 bridgehead atoms. The van der Waals surface area contributed by atoms with Gasteiger partial charge in [-0.2, -0.15) is 0 Å². The van der Waals surface area contributed by atoms with Gasteiger partial charge in [0.2, 0.25) is 0 Å². The molecule has 6 heteroatoms. The number of aromatic nitrogens is 2. The van der Waals surface area contributed by atoms with Crippen molar-refractivity contribution in [3.05, 3.63) is 83.2 Å². The van der Waals surface area contributed by atoms with Gasteiger partial charge in [0.1, 0.15) is 0 Å². The van der Waals surface area contributed by atoms with E-state index in [-0.39, 0.29) is 22.3 Å². The molecule has 1 amide bonds. The number of H-pyrrole nitrogens is 1. The summed E-state index contributed by atoms with van der Waals surface area (Å²) in [7, 11) is 0. The Morgan fingerprint density at radius 3 is 2.45 bits per heavy atom. The quantitative estimate of drug-likeness (QED) is 0.550. The zero-order valence-corrected chi connectivity index (χ0v) is 19.1. The molecule has 6 nitrogen and oxygen atoms in total. The highest BCUT2D eigenvalue weighted by Gasteiger charge is 2.46. The lowest BCUT2D eigenvalue weighted by molar-refractivity contribution is 0.0669. The molecule has 0 saturated carbocycles. The molecule has 0 spiro atoms. The number of hydrogen-bond donors (Lipinski definition) is 2. The Balaban J connectivity index is 1.43. The third-order valence-corrected chi connectivity index (χ3v) is 7.13. The van der Waals surface area contributed by atoms with E-state index in [9.17, 15) is 14.7 Å². The van der Waals surface area contributed by atoms with Crippen molar-refractivity contribution in [3.63, 3.8) is 0 Å². The molecular formula is C27H27N3O3. The maximum absolute atomic E-state index is 13.3. The molecule has 1 aliphatic heterocycles. The number of carboxylic acid groups (broad SMARTS) is 1. The fourth-order valence-corrected chi connectivity index (χ4v) is 5.56. The summed E-state index contributed by atoms with van der Waals surface area (Å²) < 4.78 is 0. The van der Waals surface area contributed by atoms with E-state index in [1.165, 1.54) is 11.1 Å². The van der Waals surface area contributed by atoms with E-state index in [1.54, 1.807) is 12.1 Å². The maximum atomic E-state index is 13.3. The van der Waals surface area contributed by atoms with Crippen molar-refractivity contribution in [2.45, 2.75) is 27.2 Å². The van der Waals surface area contributed by atoms with Crippen LogP contribution in [0.3, 0.4) is 0 Å². The Kier molecular flexibility index (Phi) is 4.78. The first-order valence-corrected chi connectivity index (χ1v) is 11.2. The van der Waals surface area contributed by atoms with Gasteiger partial charge in [-0.05, 0) is 41.8 Å². The Morgan fingerprint density at radius 1 is 1.03 bits per heavy atom. The number of imidazole rings is 1. The highest BCUT2D eigenvalue weighted by Crippen LogP contribution is 2.55. The average molecular weight is 442 g/mol. The second-order valence-electron chi connectivity index (χ2n) is 9.80. The molecular weight excluding hydrogens is 414 g/mol. The van der Waals surface area contributed by atoms with Crippen LogP contribution in [0.4, 0.5) is 0 Å². The minimum Gasteiger partial charge on any atom is -0.478 e. The van der Waals surface area contributed by atoms with Gasteiger partial charge in [-0.15, -0.1) is 0 Å². The van der Waals surface area contributed by atoms with E-state index in [0.29, 0.717) is 18.9 Å². The van der Waals surface area contributed by atoms with Crippen LogP contribution in [0.5, 0.6) is 0 Å². The van der Waals surface area contributed by atoms with Gasteiger partial charge in [0.25, 0.3) is 5.91 Å². The van der Waals surface area contributed by atoms with Crippen LogP contribution in [-0.2, 0) is 0 Å². The number of nitrogens with one attached hydrogen (secondary N) is 1. The number of fused-ring (bicyclic) bond motifs is 2. The molecule has 5 rings (SSSR count). The van der Waals surface area contributed by atoms with Gasteiger partial charge < -0.3 is 15.0 Å². The van der Waals surface area contributed by atoms with E-state index < -0.39 is 5.97 Å². The minimum atomic E-state index is -0.921. The lowest BCUT2D eigenvalue weighted by Gasteiger charge is -2.50. The zero-order chi connectivity index (χ0) is 23.4. The predicted octanol–water partition coefficient (Wildman–Crippen LogP) is 5.16. The largest absolute Gasteiger partial charge is 0.478 e. The van der Waals surface area contributed by atoms with Gasteiger partial charge in [0.15, 0.2) is 5.82 Å². The summed E-state index contributed by atoms with van der Waals surface area (Å²) in [5.74, 6) is -0.628. The van der Waals surface area contributed by atoms with Crippen molar-refractivity contribution >= 4 is 28.5 Å². The Labute approximate surface area is 192 Å². The molecule has 0 unspecified atom stereocenters. The molecule has 0 saturated heterocycles. The average Bonchev–Trinajstić information content (AvgIpc) is 3.22. The van der Waals surface area contributed by atoms with Crippen molar-refractivity contribution < 1.29 is 14.7 Å². The smallest absolute Gasteiger partial charge is 0.335 e. The molecule has 2 aromatic carbocycles. The molecule has 0 fully saturated rings. The second-order valence-corrected chi connectivity index (χ2v) is 9.80. The second kappa shape index (κ2) is 7.44. The number of aromatic amines is 1. The van der Waals surface area contributed by atoms with Gasteiger partial charge in [0.05, 0.1) is 16.6 Å². The van der Waals surface area contributed by atoms with Gasteiger partial charge in [-0.1, -0.05) is 62.8 Å². The summed E-state index contributed by atoms with van der Waals surface area (Å²) >= 11 is 0. The molecule has 1 aromatic heterocycles. The number of allylic oxidation sites excluding steroid dienone is 2. The standard InChI is InChI=1S/C27H27N3O3/c1-26(2)19(17-8-10-18(11-9-17)25(32)33)12-14-27(3)16-30(15-13-22(26)27)24(31)23-28-20-6-4-5-7-21(20)29-23/h4-13H,14-16H2,1-3H3,(H,28,29)(H,32,33)/t27-/m1/s1. The van der Waals surface area contributed by atoms with Crippen LogP contribution in [0.25, 0.3) is 16.6 Å². The summed E-state index contributed by atoms with van der Waals surface area (Å²) in [6.07, 6.45) is 5.26. The number of aromatic carboxylic acids is 1. The van der Waals surface area contributed by atoms with Crippen molar-refractivity contribution in [1.29, 1.82) is 0 Å². The molecule has 33 heavy (non-hydrogen) atoms. The lowest BCUT2D eigenvalue weighted by atomic mass is 9.58. The SMILES string of the molecule is CC1(C)C(c2ccc(C(=O)O)cc2)=CC[C@]2(C)CN(C(=O)c3nc4ccccc4[nH]3)CC=C12. The number of hydrogen-bond acceptors (Lipinski definition) is 3. The van der Waals surface area contributed by atoms with Gasteiger partial charge in [-0.25, -0.2) is 9.78 Å². The van der Waals surface area contributed by atoms with Crippen molar-refractivity contribution in [2.24, 2.45) is 10.8 Å². The molecule has 3 aromatic rings. The molecule has 1 aliphatic carbocycles. The lowest BCUT2D eigenvalue weighted by Crippen LogP contribution is -2.49. The van der Waals surface area contributed by atoms with Crippen LogP contribution in [0.1, 0.15) is 53.7 Å². The zero-order valence-electron chi connectivity index (χ0n) is 19.1. The number of benzene rings is 2. The number of carboxylic acids is 1. The summed E-state index contributed by atoms with van der Waals surface area (Å²) in [4.78, 5) is 34.0. The van der Waals surface area contributed by atoms with Crippen molar-refractivity contribution in [1.82, 2.24) is 14.9 Å². The summed E-state index contributed by atoms with van der Waals surface area (Å²) in [5, 5.41) is 9.21. The van der Waals surface area contributed by atoms with Crippen LogP contribution in [0.15, 0.2) is 66.3 Å². The van der Waals surface area contributed by atoms with E-state index in [0.717, 1.165) is 23.0 Å². The highest BCUT2D eigenvalue weighted by atomic mass is 16.4. The first kappa shape index (κ1) is 21.2. The molecule has 2 N–H and O–H groups in total.